The van der Waals surface area contributed by atoms with Crippen molar-refractivity contribution < 1.29 is 19.0 Å². The van der Waals surface area contributed by atoms with Gasteiger partial charge < -0.3 is 19.0 Å². The lowest BCUT2D eigenvalue weighted by Gasteiger charge is -2.21. The van der Waals surface area contributed by atoms with Crippen molar-refractivity contribution in [2.24, 2.45) is 0 Å². The van der Waals surface area contributed by atoms with Gasteiger partial charge in [-0.1, -0.05) is 60.7 Å². The van der Waals surface area contributed by atoms with E-state index in [1.54, 1.807) is 0 Å². The van der Waals surface area contributed by atoms with Gasteiger partial charge in [0.1, 0.15) is 18.3 Å². The minimum Gasteiger partial charge on any atom is -0.368 e. The molecule has 0 aliphatic carbocycles. The lowest BCUT2D eigenvalue weighted by molar-refractivity contribution is -0.123. The van der Waals surface area contributed by atoms with Gasteiger partial charge in [0.15, 0.2) is 6.29 Å². The second kappa shape index (κ2) is 8.02. The van der Waals surface area contributed by atoms with Crippen molar-refractivity contribution in [1.29, 1.82) is 0 Å². The molecule has 120 valence electrons. The lowest BCUT2D eigenvalue weighted by Crippen LogP contribution is -2.35. The van der Waals surface area contributed by atoms with Crippen molar-refractivity contribution in [3.8, 4) is 0 Å². The van der Waals surface area contributed by atoms with E-state index in [1.165, 1.54) is 0 Å². The molecule has 0 spiro atoms. The normalized spacial score (nSPS) is 23.7. The predicted octanol–water partition coefficient (Wildman–Crippen LogP) is 2.75. The van der Waals surface area contributed by atoms with Crippen LogP contribution in [-0.4, -0.2) is 31.2 Å². The quantitative estimate of drug-likeness (QED) is 0.738. The molecule has 3 atom stereocenters. The minimum absolute atomic E-state index is 0.242. The summed E-state index contributed by atoms with van der Waals surface area (Å²) in [4.78, 5) is 11.2. The molecular weight excluding hydrogens is 292 g/mol. The first-order chi connectivity index (χ1) is 11.4. The van der Waals surface area contributed by atoms with Gasteiger partial charge in [0.2, 0.25) is 0 Å². The number of rotatable bonds is 7. The van der Waals surface area contributed by atoms with E-state index in [2.05, 4.69) is 0 Å². The van der Waals surface area contributed by atoms with E-state index in [1.807, 2.05) is 60.7 Å². The summed E-state index contributed by atoms with van der Waals surface area (Å²) in [6, 6.07) is 19.8. The van der Waals surface area contributed by atoms with Gasteiger partial charge in [-0.15, -0.1) is 0 Å². The summed E-state index contributed by atoms with van der Waals surface area (Å²) in [7, 11) is 0. The molecular formula is C19H20O4. The topological polar surface area (TPSA) is 44.8 Å². The lowest BCUT2D eigenvalue weighted by atomic mass is 10.1. The van der Waals surface area contributed by atoms with E-state index < -0.39 is 6.10 Å². The molecule has 1 aliphatic rings. The molecule has 0 amide bonds. The highest BCUT2D eigenvalue weighted by atomic mass is 16.6. The third kappa shape index (κ3) is 4.26. The summed E-state index contributed by atoms with van der Waals surface area (Å²) in [5.74, 6) is 0. The van der Waals surface area contributed by atoms with Crippen molar-refractivity contribution in [3.63, 3.8) is 0 Å². The van der Waals surface area contributed by atoms with E-state index in [0.717, 1.165) is 17.4 Å². The number of hydrogen-bond acceptors (Lipinski definition) is 4. The highest BCUT2D eigenvalue weighted by Crippen LogP contribution is 2.22. The number of hydrogen-bond donors (Lipinski definition) is 0. The van der Waals surface area contributed by atoms with Gasteiger partial charge >= 0.3 is 0 Å². The van der Waals surface area contributed by atoms with Gasteiger partial charge in [-0.3, -0.25) is 0 Å². The van der Waals surface area contributed by atoms with Crippen LogP contribution in [-0.2, 0) is 32.2 Å². The predicted molar refractivity (Wildman–Crippen MR) is 85.8 cm³/mol. The molecule has 1 heterocycles. The Bertz CT molecular complexity index is 599. The van der Waals surface area contributed by atoms with Crippen LogP contribution >= 0.6 is 0 Å². The Hall–Kier alpha value is -2.01. The fraction of sp³-hybridized carbons (Fsp3) is 0.316. The molecule has 0 unspecified atom stereocenters. The van der Waals surface area contributed by atoms with Crippen LogP contribution in [0.2, 0.25) is 0 Å². The molecule has 1 fully saturated rings. The fourth-order valence-corrected chi connectivity index (χ4v) is 2.61. The van der Waals surface area contributed by atoms with E-state index in [0.29, 0.717) is 19.8 Å². The Balaban J connectivity index is 1.58. The zero-order chi connectivity index (χ0) is 15.9. The number of carbonyl (C=O) groups is 1. The van der Waals surface area contributed by atoms with Crippen LogP contribution in [0.4, 0.5) is 0 Å². The summed E-state index contributed by atoms with van der Waals surface area (Å²) < 4.78 is 17.3. The van der Waals surface area contributed by atoms with Gasteiger partial charge in [0.25, 0.3) is 0 Å². The molecule has 1 saturated heterocycles. The van der Waals surface area contributed by atoms with Crippen molar-refractivity contribution in [3.05, 3.63) is 71.8 Å². The zero-order valence-electron chi connectivity index (χ0n) is 12.8. The molecule has 0 bridgehead atoms. The highest BCUT2D eigenvalue weighted by Gasteiger charge is 2.38. The smallest absolute Gasteiger partial charge is 0.151 e. The molecule has 1 aliphatic heterocycles. The monoisotopic (exact) mass is 312 g/mol. The molecule has 2 aromatic carbocycles. The van der Waals surface area contributed by atoms with E-state index >= 15 is 0 Å². The first-order valence-electron chi connectivity index (χ1n) is 7.75. The standard InChI is InChI=1S/C19H20O4/c20-11-17-19(23-13-16-9-5-2-6-10-16)18(14-22-17)21-12-15-7-3-1-4-8-15/h1-11,17-19H,12-14H2/t17-,18-,19-/m1/s1. The average Bonchev–Trinajstić information content (AvgIpc) is 3.02. The van der Waals surface area contributed by atoms with Crippen LogP contribution in [0.15, 0.2) is 60.7 Å². The summed E-state index contributed by atoms with van der Waals surface area (Å²) >= 11 is 0. The van der Waals surface area contributed by atoms with Crippen LogP contribution in [0.3, 0.4) is 0 Å². The summed E-state index contributed by atoms with van der Waals surface area (Å²) in [6.07, 6.45) is -0.397. The van der Waals surface area contributed by atoms with Crippen molar-refractivity contribution in [2.75, 3.05) is 6.61 Å². The van der Waals surface area contributed by atoms with Crippen LogP contribution in [0.25, 0.3) is 0 Å². The number of carbonyl (C=O) groups excluding carboxylic acids is 1. The van der Waals surface area contributed by atoms with Crippen LogP contribution in [0, 0.1) is 0 Å². The Morgan fingerprint density at radius 1 is 0.913 bits per heavy atom. The SMILES string of the molecule is O=C[C@H]1OC[C@@H](OCc2ccccc2)[C@@H]1OCc1ccccc1. The Labute approximate surface area is 136 Å². The van der Waals surface area contributed by atoms with Gasteiger partial charge in [0.05, 0.1) is 19.8 Å². The van der Waals surface area contributed by atoms with Gasteiger partial charge in [-0.05, 0) is 11.1 Å². The van der Waals surface area contributed by atoms with Crippen molar-refractivity contribution in [1.82, 2.24) is 0 Å². The molecule has 4 heteroatoms. The molecule has 4 nitrogen and oxygen atoms in total. The van der Waals surface area contributed by atoms with E-state index in [-0.39, 0.29) is 12.2 Å². The number of benzene rings is 2. The first-order valence-corrected chi connectivity index (χ1v) is 7.75. The van der Waals surface area contributed by atoms with Crippen LogP contribution < -0.4 is 0 Å². The molecule has 0 saturated carbocycles. The zero-order valence-corrected chi connectivity index (χ0v) is 12.8. The molecule has 23 heavy (non-hydrogen) atoms. The fourth-order valence-electron chi connectivity index (χ4n) is 2.61. The third-order valence-corrected chi connectivity index (χ3v) is 3.87. The Morgan fingerprint density at radius 2 is 1.48 bits per heavy atom. The summed E-state index contributed by atoms with van der Waals surface area (Å²) in [6.45, 7) is 1.28. The van der Waals surface area contributed by atoms with Crippen LogP contribution in [0.5, 0.6) is 0 Å². The van der Waals surface area contributed by atoms with Gasteiger partial charge in [-0.25, -0.2) is 0 Å². The Kier molecular flexibility index (Phi) is 5.53. The third-order valence-electron chi connectivity index (χ3n) is 3.87. The second-order valence-electron chi connectivity index (χ2n) is 5.53. The summed E-state index contributed by atoms with van der Waals surface area (Å²) in [5.41, 5.74) is 2.15. The first kappa shape index (κ1) is 15.9. The molecule has 0 aromatic heterocycles. The maximum absolute atomic E-state index is 11.2. The highest BCUT2D eigenvalue weighted by molar-refractivity contribution is 5.58. The number of aldehydes is 1. The number of ether oxygens (including phenoxy) is 3. The van der Waals surface area contributed by atoms with Crippen molar-refractivity contribution >= 4 is 6.29 Å². The summed E-state index contributed by atoms with van der Waals surface area (Å²) in [5, 5.41) is 0. The van der Waals surface area contributed by atoms with Gasteiger partial charge in [0, 0.05) is 0 Å². The van der Waals surface area contributed by atoms with E-state index in [9.17, 15) is 4.79 Å². The molecule has 0 radical (unpaired) electrons. The molecule has 2 aromatic rings. The molecule has 0 N–H and O–H groups in total. The van der Waals surface area contributed by atoms with Crippen LogP contribution in [0.1, 0.15) is 11.1 Å². The molecule has 3 rings (SSSR count). The Morgan fingerprint density at radius 3 is 2.04 bits per heavy atom. The van der Waals surface area contributed by atoms with E-state index in [4.69, 9.17) is 14.2 Å². The second-order valence-corrected chi connectivity index (χ2v) is 5.53. The maximum Gasteiger partial charge on any atom is 0.151 e. The van der Waals surface area contributed by atoms with Gasteiger partial charge in [-0.2, -0.15) is 0 Å². The largest absolute Gasteiger partial charge is 0.368 e. The average molecular weight is 312 g/mol. The minimum atomic E-state index is -0.570. The van der Waals surface area contributed by atoms with Crippen molar-refractivity contribution in [2.45, 2.75) is 31.5 Å². The maximum atomic E-state index is 11.2.